The summed E-state index contributed by atoms with van der Waals surface area (Å²) in [6, 6.07) is 10.5. The Labute approximate surface area is 138 Å². The molecule has 2 bridgehead atoms. The zero-order valence-corrected chi connectivity index (χ0v) is 13.9. The predicted octanol–water partition coefficient (Wildman–Crippen LogP) is 3.66. The van der Waals surface area contributed by atoms with Crippen LogP contribution in [0.2, 0.25) is 0 Å². The summed E-state index contributed by atoms with van der Waals surface area (Å²) in [5.41, 5.74) is 2.07. The van der Waals surface area contributed by atoms with Gasteiger partial charge in [-0.2, -0.15) is 0 Å². The highest BCUT2D eigenvalue weighted by atomic mass is 16.2. The summed E-state index contributed by atoms with van der Waals surface area (Å²) in [7, 11) is 0. The molecule has 0 radical (unpaired) electrons. The molecular formula is C19H27N3O. The fraction of sp³-hybridized carbons (Fsp3) is 0.632. The molecule has 1 aliphatic carbocycles. The van der Waals surface area contributed by atoms with Gasteiger partial charge in [0.1, 0.15) is 0 Å². The molecule has 4 nitrogen and oxygen atoms in total. The van der Waals surface area contributed by atoms with E-state index in [1.807, 2.05) is 24.3 Å². The first-order valence-corrected chi connectivity index (χ1v) is 9.10. The van der Waals surface area contributed by atoms with E-state index in [4.69, 9.17) is 0 Å². The first-order chi connectivity index (χ1) is 11.2. The van der Waals surface area contributed by atoms with Crippen LogP contribution in [0.25, 0.3) is 0 Å². The van der Waals surface area contributed by atoms with Gasteiger partial charge in [0.15, 0.2) is 0 Å². The lowest BCUT2D eigenvalue weighted by Crippen LogP contribution is -2.58. The molecule has 2 aliphatic heterocycles. The molecule has 1 aromatic rings. The number of carbonyl (C=O) groups excluding carboxylic acids is 1. The molecule has 2 amide bonds. The van der Waals surface area contributed by atoms with Crippen LogP contribution in [0.3, 0.4) is 0 Å². The van der Waals surface area contributed by atoms with Gasteiger partial charge in [0, 0.05) is 29.9 Å². The normalized spacial score (nSPS) is 30.7. The van der Waals surface area contributed by atoms with Gasteiger partial charge in [-0.25, -0.2) is 4.79 Å². The fourth-order valence-electron chi connectivity index (χ4n) is 4.49. The average molecular weight is 313 g/mol. The number of aryl methyl sites for hydroxylation is 1. The van der Waals surface area contributed by atoms with Crippen LogP contribution >= 0.6 is 0 Å². The number of urea groups is 1. The van der Waals surface area contributed by atoms with E-state index in [2.05, 4.69) is 22.5 Å². The van der Waals surface area contributed by atoms with Gasteiger partial charge in [0.25, 0.3) is 0 Å². The molecule has 2 heterocycles. The van der Waals surface area contributed by atoms with Crippen LogP contribution in [-0.4, -0.2) is 35.1 Å². The van der Waals surface area contributed by atoms with Gasteiger partial charge < -0.3 is 10.6 Å². The Morgan fingerprint density at radius 1 is 1.00 bits per heavy atom. The Balaban J connectivity index is 1.34. The number of anilines is 1. The van der Waals surface area contributed by atoms with E-state index in [0.717, 1.165) is 24.6 Å². The van der Waals surface area contributed by atoms with E-state index in [-0.39, 0.29) is 6.03 Å². The highest BCUT2D eigenvalue weighted by Gasteiger charge is 2.45. The smallest absolute Gasteiger partial charge is 0.319 e. The number of fused-ring (bicyclic) bond motifs is 2. The van der Waals surface area contributed by atoms with Crippen LogP contribution in [0.1, 0.15) is 50.5 Å². The zero-order chi connectivity index (χ0) is 15.8. The van der Waals surface area contributed by atoms with Crippen LogP contribution in [0.15, 0.2) is 24.3 Å². The van der Waals surface area contributed by atoms with E-state index in [1.54, 1.807) is 0 Å². The molecule has 0 spiro atoms. The maximum absolute atomic E-state index is 12.3. The summed E-state index contributed by atoms with van der Waals surface area (Å²) in [5, 5.41) is 6.18. The number of amides is 2. The third-order valence-electron chi connectivity index (χ3n) is 5.64. The molecular weight excluding hydrogens is 286 g/mol. The molecule has 1 saturated carbocycles. The summed E-state index contributed by atoms with van der Waals surface area (Å²) in [5.74, 6) is 0. The second-order valence-corrected chi connectivity index (χ2v) is 7.55. The SMILES string of the molecule is Cc1ccc(NC(=O)NC2C[C@H]3CCC[C@@H](C2)N3C2CC2)cc1. The van der Waals surface area contributed by atoms with Crippen molar-refractivity contribution in [2.24, 2.45) is 0 Å². The van der Waals surface area contributed by atoms with E-state index in [9.17, 15) is 4.79 Å². The topological polar surface area (TPSA) is 44.4 Å². The first kappa shape index (κ1) is 15.0. The van der Waals surface area contributed by atoms with Gasteiger partial charge in [-0.05, 0) is 57.6 Å². The van der Waals surface area contributed by atoms with Gasteiger partial charge in [-0.3, -0.25) is 4.90 Å². The van der Waals surface area contributed by atoms with Gasteiger partial charge in [0.05, 0.1) is 0 Å². The largest absolute Gasteiger partial charge is 0.335 e. The first-order valence-electron chi connectivity index (χ1n) is 9.10. The van der Waals surface area contributed by atoms with E-state index in [0.29, 0.717) is 18.1 Å². The second-order valence-electron chi connectivity index (χ2n) is 7.55. The molecule has 1 unspecified atom stereocenters. The minimum Gasteiger partial charge on any atom is -0.335 e. The van der Waals surface area contributed by atoms with Crippen molar-refractivity contribution in [1.82, 2.24) is 10.2 Å². The molecule has 23 heavy (non-hydrogen) atoms. The molecule has 4 rings (SSSR count). The number of nitrogens with zero attached hydrogens (tertiary/aromatic N) is 1. The van der Waals surface area contributed by atoms with Crippen molar-refractivity contribution in [2.75, 3.05) is 5.32 Å². The average Bonchev–Trinajstić information content (AvgIpc) is 3.33. The van der Waals surface area contributed by atoms with Crippen LogP contribution in [-0.2, 0) is 0 Å². The monoisotopic (exact) mass is 313 g/mol. The molecule has 0 aromatic heterocycles. The highest BCUT2D eigenvalue weighted by molar-refractivity contribution is 5.89. The highest BCUT2D eigenvalue weighted by Crippen LogP contribution is 2.41. The lowest BCUT2D eigenvalue weighted by molar-refractivity contribution is 0.0198. The van der Waals surface area contributed by atoms with Gasteiger partial charge in [-0.1, -0.05) is 24.1 Å². The molecule has 124 valence electrons. The Kier molecular flexibility index (Phi) is 4.02. The fourth-order valence-corrected chi connectivity index (χ4v) is 4.49. The van der Waals surface area contributed by atoms with Crippen LogP contribution < -0.4 is 10.6 Å². The zero-order valence-electron chi connectivity index (χ0n) is 13.9. The van der Waals surface area contributed by atoms with Crippen molar-refractivity contribution in [1.29, 1.82) is 0 Å². The van der Waals surface area contributed by atoms with Gasteiger partial charge in [-0.15, -0.1) is 0 Å². The van der Waals surface area contributed by atoms with Crippen molar-refractivity contribution in [3.63, 3.8) is 0 Å². The number of rotatable bonds is 3. The molecule has 2 saturated heterocycles. The molecule has 3 aliphatic rings. The Morgan fingerprint density at radius 3 is 2.26 bits per heavy atom. The van der Waals surface area contributed by atoms with Crippen LogP contribution in [0.4, 0.5) is 10.5 Å². The molecule has 3 atom stereocenters. The Morgan fingerprint density at radius 2 is 1.65 bits per heavy atom. The van der Waals surface area contributed by atoms with Crippen LogP contribution in [0, 0.1) is 6.92 Å². The maximum Gasteiger partial charge on any atom is 0.319 e. The Bertz CT molecular complexity index is 552. The number of benzene rings is 1. The minimum atomic E-state index is -0.0585. The molecule has 1 aromatic carbocycles. The summed E-state index contributed by atoms with van der Waals surface area (Å²) in [4.78, 5) is 15.1. The lowest BCUT2D eigenvalue weighted by atomic mass is 9.81. The number of nitrogens with one attached hydrogen (secondary N) is 2. The van der Waals surface area contributed by atoms with Gasteiger partial charge in [0.2, 0.25) is 0 Å². The van der Waals surface area contributed by atoms with Crippen LogP contribution in [0.5, 0.6) is 0 Å². The quantitative estimate of drug-likeness (QED) is 0.894. The maximum atomic E-state index is 12.3. The number of hydrogen-bond acceptors (Lipinski definition) is 2. The number of carbonyl (C=O) groups is 1. The predicted molar refractivity (Wildman–Crippen MR) is 92.6 cm³/mol. The van der Waals surface area contributed by atoms with E-state index in [1.165, 1.54) is 37.7 Å². The molecule has 4 heteroatoms. The summed E-state index contributed by atoms with van der Waals surface area (Å²) >= 11 is 0. The number of hydrogen-bond donors (Lipinski definition) is 2. The van der Waals surface area contributed by atoms with Gasteiger partial charge >= 0.3 is 6.03 Å². The second kappa shape index (κ2) is 6.16. The Hall–Kier alpha value is -1.55. The molecule has 3 fully saturated rings. The molecule has 2 N–H and O–H groups in total. The lowest BCUT2D eigenvalue weighted by Gasteiger charge is -2.49. The summed E-state index contributed by atoms with van der Waals surface area (Å²) < 4.78 is 0. The summed E-state index contributed by atoms with van der Waals surface area (Å²) in [6.07, 6.45) is 9.00. The summed E-state index contributed by atoms with van der Waals surface area (Å²) in [6.45, 7) is 2.05. The number of piperidine rings is 2. The minimum absolute atomic E-state index is 0.0585. The van der Waals surface area contributed by atoms with Crippen molar-refractivity contribution >= 4 is 11.7 Å². The van der Waals surface area contributed by atoms with Crippen molar-refractivity contribution in [2.45, 2.75) is 76.0 Å². The third kappa shape index (κ3) is 3.37. The van der Waals surface area contributed by atoms with E-state index >= 15 is 0 Å². The van der Waals surface area contributed by atoms with E-state index < -0.39 is 0 Å². The third-order valence-corrected chi connectivity index (χ3v) is 5.64. The van der Waals surface area contributed by atoms with Crippen molar-refractivity contribution in [3.05, 3.63) is 29.8 Å². The standard InChI is InChI=1S/C19H27N3O/c1-13-5-7-14(8-6-13)20-19(23)21-15-11-17-3-2-4-18(12-15)22(17)16-9-10-16/h5-8,15-18H,2-4,9-12H2,1H3,(H2,20,21,23)/t15?,17-,18+. The van der Waals surface area contributed by atoms with Crippen molar-refractivity contribution < 1.29 is 4.79 Å². The van der Waals surface area contributed by atoms with Crippen molar-refractivity contribution in [3.8, 4) is 0 Å².